The number of pyridine rings is 1. The molecule has 2 bridgehead atoms. The molecule has 0 radical (unpaired) electrons. The minimum absolute atomic E-state index is 0.0353. The quantitative estimate of drug-likeness (QED) is 0.0971. The molecule has 0 spiro atoms. The summed E-state index contributed by atoms with van der Waals surface area (Å²) in [6.07, 6.45) is 3.44. The van der Waals surface area contributed by atoms with Crippen molar-refractivity contribution in [3.63, 3.8) is 0 Å². The van der Waals surface area contributed by atoms with E-state index >= 15 is 4.39 Å². The fraction of sp³-hybridized carbons (Fsp3) is 0.568. The second-order valence-electron chi connectivity index (χ2n) is 18.2. The molecule has 0 N–H and O–H groups in total. The Morgan fingerprint density at radius 2 is 1.68 bits per heavy atom. The number of ether oxygens (including phenoxy) is 5. The predicted octanol–water partition coefficient (Wildman–Crippen LogP) is 7.59. The predicted molar refractivity (Wildman–Crippen MR) is 232 cm³/mol. The molecule has 3 aliphatic heterocycles. The van der Waals surface area contributed by atoms with Crippen molar-refractivity contribution in [3.8, 4) is 23.0 Å². The number of rotatable bonds is 13. The van der Waals surface area contributed by atoms with Crippen LogP contribution in [0.2, 0.25) is 25.7 Å². The van der Waals surface area contributed by atoms with Crippen LogP contribution in [0.1, 0.15) is 46.1 Å². The molecule has 2 aromatic carbocycles. The first kappa shape index (κ1) is 43.3. The molecule has 3 fully saturated rings. The number of methoxy groups -OCH3 is 1. The number of halogens is 1. The summed E-state index contributed by atoms with van der Waals surface area (Å²) in [6, 6.07) is 10.5. The number of aromatic nitrogens is 3. The van der Waals surface area contributed by atoms with E-state index < -0.39 is 19.5 Å². The molecule has 2 amide bonds. The number of piperazine rings is 2. The number of carbonyl (C=O) groups excluding carboxylic acids is 2. The highest BCUT2D eigenvalue weighted by atomic mass is 28.3. The van der Waals surface area contributed by atoms with Crippen LogP contribution in [0.25, 0.3) is 32.9 Å². The average Bonchev–Trinajstić information content (AvgIpc) is 3.47. The molecule has 5 heterocycles. The number of carbonyl (C=O) groups is 2. The van der Waals surface area contributed by atoms with Crippen molar-refractivity contribution < 1.29 is 37.7 Å². The summed E-state index contributed by atoms with van der Waals surface area (Å²) < 4.78 is 46.0. The third-order valence-corrected chi connectivity index (χ3v) is 13.1. The van der Waals surface area contributed by atoms with Crippen molar-refractivity contribution in [1.29, 1.82) is 0 Å². The lowest BCUT2D eigenvalue weighted by Crippen LogP contribution is -2.57. The van der Waals surface area contributed by atoms with Crippen LogP contribution in [-0.2, 0) is 20.6 Å². The van der Waals surface area contributed by atoms with Crippen LogP contribution >= 0.6 is 0 Å². The first-order valence-electron chi connectivity index (χ1n) is 21.2. The maximum Gasteiger partial charge on any atom is 0.410 e. The number of hydrogen-bond donors (Lipinski definition) is 0. The van der Waals surface area contributed by atoms with E-state index in [1.54, 1.807) is 24.3 Å². The highest BCUT2D eigenvalue weighted by Gasteiger charge is 2.45. The van der Waals surface area contributed by atoms with Gasteiger partial charge < -0.3 is 33.5 Å². The van der Waals surface area contributed by atoms with E-state index in [1.807, 2.05) is 49.9 Å². The Morgan fingerprint density at radius 1 is 0.950 bits per heavy atom. The lowest BCUT2D eigenvalue weighted by atomic mass is 9.95. The van der Waals surface area contributed by atoms with Crippen molar-refractivity contribution in [2.24, 2.45) is 0 Å². The molecular weight excluding hydrogens is 786 g/mol. The smallest absolute Gasteiger partial charge is 0.410 e. The minimum atomic E-state index is -1.30. The molecule has 7 rings (SSSR count). The number of hydrogen-bond acceptors (Lipinski definition) is 12. The van der Waals surface area contributed by atoms with Gasteiger partial charge in [-0.05, 0) is 74.5 Å². The van der Waals surface area contributed by atoms with E-state index in [0.717, 1.165) is 41.6 Å². The molecule has 2 atom stereocenters. The summed E-state index contributed by atoms with van der Waals surface area (Å²) in [6.45, 7) is 19.2. The van der Waals surface area contributed by atoms with Crippen molar-refractivity contribution in [2.45, 2.75) is 90.3 Å². The lowest BCUT2D eigenvalue weighted by Gasteiger charge is -2.42. The van der Waals surface area contributed by atoms with Crippen molar-refractivity contribution >= 4 is 47.8 Å². The standard InChI is InChI=1S/C44H60FN7O7Si/c1-9-29-11-10-12-30-23-33(58-28-55-5)24-34(36(29)30)38-37(45)39-35(25-46-38)40(51-26-31-13-14-32(27-51)52(31)43(54)59-44(2,3)4)48-41(47-39)56-20-19-49-15-17-50(18-16-49)42(53)57-21-22-60(6,7)8/h10-12,23-25,31-32H,9,13-22,26-28H2,1-8H3. The summed E-state index contributed by atoms with van der Waals surface area (Å²) >= 11 is 0. The maximum absolute atomic E-state index is 17.4. The molecule has 2 aromatic heterocycles. The topological polar surface area (TPSA) is 132 Å². The van der Waals surface area contributed by atoms with E-state index in [4.69, 9.17) is 38.6 Å². The number of aryl methyl sites for hydroxylation is 1. The second-order valence-corrected chi connectivity index (χ2v) is 23.8. The third-order valence-electron chi connectivity index (χ3n) is 11.4. The molecule has 3 saturated heterocycles. The van der Waals surface area contributed by atoms with Crippen LogP contribution in [0.15, 0.2) is 36.5 Å². The van der Waals surface area contributed by atoms with Gasteiger partial charge in [-0.1, -0.05) is 44.8 Å². The zero-order chi connectivity index (χ0) is 42.8. The Morgan fingerprint density at radius 3 is 2.35 bits per heavy atom. The van der Waals surface area contributed by atoms with Gasteiger partial charge in [-0.25, -0.2) is 14.0 Å². The van der Waals surface area contributed by atoms with Gasteiger partial charge in [0.15, 0.2) is 12.6 Å². The number of nitrogens with zero attached hydrogens (tertiary/aromatic N) is 7. The van der Waals surface area contributed by atoms with Crippen molar-refractivity contribution in [3.05, 3.63) is 47.9 Å². The number of anilines is 1. The highest BCUT2D eigenvalue weighted by Crippen LogP contribution is 2.40. The Hall–Kier alpha value is -4.80. The molecule has 60 heavy (non-hydrogen) atoms. The van der Waals surface area contributed by atoms with Crippen LogP contribution in [0, 0.1) is 5.82 Å². The monoisotopic (exact) mass is 845 g/mol. The summed E-state index contributed by atoms with van der Waals surface area (Å²) in [5, 5.41) is 2.23. The van der Waals surface area contributed by atoms with Crippen LogP contribution in [0.3, 0.4) is 0 Å². The first-order valence-corrected chi connectivity index (χ1v) is 24.9. The molecule has 0 saturated carbocycles. The van der Waals surface area contributed by atoms with Crippen LogP contribution < -0.4 is 14.4 Å². The molecule has 4 aromatic rings. The number of fused-ring (bicyclic) bond motifs is 4. The summed E-state index contributed by atoms with van der Waals surface area (Å²) in [4.78, 5) is 48.4. The van der Waals surface area contributed by atoms with E-state index in [1.165, 1.54) is 0 Å². The first-order chi connectivity index (χ1) is 28.6. The SMILES string of the molecule is CCc1cccc2cc(OCOC)cc(-c3ncc4c(N5CC6CCC(C5)N6C(=O)OC(C)(C)C)nc(OCCN5CCN(C(=O)OCC[Si](C)(C)C)CC5)nc4c3F)c12. The average molecular weight is 846 g/mol. The molecule has 0 aliphatic carbocycles. The van der Waals surface area contributed by atoms with Gasteiger partial charge in [-0.15, -0.1) is 0 Å². The van der Waals surface area contributed by atoms with Crippen molar-refractivity contribution in [1.82, 2.24) is 29.7 Å². The van der Waals surface area contributed by atoms with Gasteiger partial charge in [0, 0.05) is 72.8 Å². The van der Waals surface area contributed by atoms with E-state index in [0.29, 0.717) is 74.9 Å². The zero-order valence-electron chi connectivity index (χ0n) is 36.4. The summed E-state index contributed by atoms with van der Waals surface area (Å²) in [7, 11) is 0.254. The van der Waals surface area contributed by atoms with Gasteiger partial charge in [0.2, 0.25) is 0 Å². The molecule has 14 nitrogen and oxygen atoms in total. The van der Waals surface area contributed by atoms with Gasteiger partial charge in [0.05, 0.1) is 24.1 Å². The Kier molecular flexibility index (Phi) is 13.0. The van der Waals surface area contributed by atoms with Crippen LogP contribution in [0.5, 0.6) is 11.8 Å². The van der Waals surface area contributed by atoms with Gasteiger partial charge >= 0.3 is 18.2 Å². The fourth-order valence-corrected chi connectivity index (χ4v) is 9.04. The van der Waals surface area contributed by atoms with Gasteiger partial charge in [0.1, 0.15) is 35.0 Å². The van der Waals surface area contributed by atoms with Gasteiger partial charge in [-0.3, -0.25) is 14.8 Å². The van der Waals surface area contributed by atoms with Crippen LogP contribution in [0.4, 0.5) is 19.8 Å². The molecule has 16 heteroatoms. The summed E-state index contributed by atoms with van der Waals surface area (Å²) in [5.41, 5.74) is 1.25. The molecule has 324 valence electrons. The third kappa shape index (κ3) is 9.87. The molecule has 2 unspecified atom stereocenters. The largest absolute Gasteiger partial charge is 0.468 e. The lowest BCUT2D eigenvalue weighted by molar-refractivity contribution is 0.0122. The molecular formula is C44H60FN7O7Si. The summed E-state index contributed by atoms with van der Waals surface area (Å²) in [5.74, 6) is 0.436. The van der Waals surface area contributed by atoms with E-state index in [9.17, 15) is 9.59 Å². The Labute approximate surface area is 353 Å². The number of benzene rings is 2. The normalized spacial score (nSPS) is 18.6. The highest BCUT2D eigenvalue weighted by molar-refractivity contribution is 6.76. The molecule has 3 aliphatic rings. The second kappa shape index (κ2) is 18.0. The minimum Gasteiger partial charge on any atom is -0.468 e. The Bertz CT molecular complexity index is 2180. The van der Waals surface area contributed by atoms with E-state index in [2.05, 4.69) is 36.4 Å². The Balaban J connectivity index is 1.17. The van der Waals surface area contributed by atoms with Crippen molar-refractivity contribution in [2.75, 3.05) is 77.8 Å². The zero-order valence-corrected chi connectivity index (χ0v) is 37.4. The number of amides is 2. The van der Waals surface area contributed by atoms with E-state index in [-0.39, 0.29) is 54.9 Å². The van der Waals surface area contributed by atoms with Gasteiger partial charge in [0.25, 0.3) is 0 Å². The van der Waals surface area contributed by atoms with Crippen LogP contribution in [-0.4, -0.2) is 141 Å². The maximum atomic E-state index is 17.4. The fourth-order valence-electron chi connectivity index (χ4n) is 8.33. The van der Waals surface area contributed by atoms with Gasteiger partial charge in [-0.2, -0.15) is 9.97 Å².